The Morgan fingerprint density at radius 2 is 1.41 bits per heavy atom. The summed E-state index contributed by atoms with van der Waals surface area (Å²) in [5.41, 5.74) is 2.44. The third kappa shape index (κ3) is 3.58. The molecule has 0 aliphatic carbocycles. The fourth-order valence-electron chi connectivity index (χ4n) is 4.16. The Balaban J connectivity index is 1.87. The van der Waals surface area contributed by atoms with Crippen molar-refractivity contribution in [1.29, 1.82) is 0 Å². The third-order valence-electron chi connectivity index (χ3n) is 5.44. The lowest BCUT2D eigenvalue weighted by molar-refractivity contribution is 0.0672. The van der Waals surface area contributed by atoms with Crippen LogP contribution in [0.25, 0.3) is 0 Å². The Morgan fingerprint density at radius 3 is 2.00 bits per heavy atom. The van der Waals surface area contributed by atoms with E-state index < -0.39 is 5.60 Å². The number of methoxy groups -OCH3 is 1. The second kappa shape index (κ2) is 7.63. The molecule has 4 rings (SSSR count). The van der Waals surface area contributed by atoms with Gasteiger partial charge in [0.1, 0.15) is 17.4 Å². The van der Waals surface area contributed by atoms with Gasteiger partial charge in [0, 0.05) is 0 Å². The lowest BCUT2D eigenvalue weighted by Crippen LogP contribution is -2.37. The van der Waals surface area contributed by atoms with Gasteiger partial charge in [-0.25, -0.2) is 4.79 Å². The molecule has 148 valence electrons. The SMILES string of the molecule is COc1ccc([C@@H](c2ccccc2)N2C(=O)OC(C)(C)[C@H]2c2ccccc2)cc1. The minimum atomic E-state index is -0.655. The van der Waals surface area contributed by atoms with E-state index in [0.717, 1.165) is 22.4 Å². The van der Waals surface area contributed by atoms with E-state index in [1.54, 1.807) is 7.11 Å². The van der Waals surface area contributed by atoms with Crippen molar-refractivity contribution < 1.29 is 14.3 Å². The predicted molar refractivity (Wildman–Crippen MR) is 113 cm³/mol. The Bertz CT molecular complexity index is 968. The number of nitrogens with zero attached hydrogens (tertiary/aromatic N) is 1. The summed E-state index contributed by atoms with van der Waals surface area (Å²) in [5.74, 6) is 0.782. The second-order valence-electron chi connectivity index (χ2n) is 7.78. The van der Waals surface area contributed by atoms with Gasteiger partial charge in [-0.3, -0.25) is 4.90 Å². The van der Waals surface area contributed by atoms with Crippen LogP contribution in [-0.2, 0) is 4.74 Å². The highest BCUT2D eigenvalue weighted by molar-refractivity contribution is 5.73. The monoisotopic (exact) mass is 387 g/mol. The molecule has 1 aliphatic rings. The number of hydrogen-bond acceptors (Lipinski definition) is 3. The first-order valence-corrected chi connectivity index (χ1v) is 9.76. The lowest BCUT2D eigenvalue weighted by Gasteiger charge is -2.35. The van der Waals surface area contributed by atoms with Gasteiger partial charge in [0.25, 0.3) is 0 Å². The number of cyclic esters (lactones) is 1. The molecule has 0 bridgehead atoms. The zero-order chi connectivity index (χ0) is 20.4. The van der Waals surface area contributed by atoms with Crippen LogP contribution < -0.4 is 4.74 Å². The molecular formula is C25H25NO3. The first kappa shape index (κ1) is 19.1. The van der Waals surface area contributed by atoms with Crippen molar-refractivity contribution in [2.24, 2.45) is 0 Å². The third-order valence-corrected chi connectivity index (χ3v) is 5.44. The molecular weight excluding hydrogens is 362 g/mol. The van der Waals surface area contributed by atoms with Gasteiger partial charge in [-0.1, -0.05) is 72.8 Å². The largest absolute Gasteiger partial charge is 0.497 e. The molecule has 3 aromatic carbocycles. The van der Waals surface area contributed by atoms with Crippen LogP contribution in [0.15, 0.2) is 84.9 Å². The summed E-state index contributed by atoms with van der Waals surface area (Å²) >= 11 is 0. The van der Waals surface area contributed by atoms with Gasteiger partial charge in [-0.15, -0.1) is 0 Å². The number of rotatable bonds is 5. The van der Waals surface area contributed by atoms with Gasteiger partial charge in [-0.2, -0.15) is 0 Å². The highest BCUT2D eigenvalue weighted by atomic mass is 16.6. The molecule has 0 radical (unpaired) electrons. The smallest absolute Gasteiger partial charge is 0.411 e. The molecule has 4 nitrogen and oxygen atoms in total. The highest BCUT2D eigenvalue weighted by Crippen LogP contribution is 2.47. The minimum absolute atomic E-state index is 0.219. The van der Waals surface area contributed by atoms with Crippen LogP contribution in [0.3, 0.4) is 0 Å². The molecule has 3 aromatic rings. The van der Waals surface area contributed by atoms with Crippen LogP contribution in [-0.4, -0.2) is 23.7 Å². The maximum Gasteiger partial charge on any atom is 0.411 e. The Kier molecular flexibility index (Phi) is 5.01. The average Bonchev–Trinajstić information content (AvgIpc) is 2.98. The number of benzene rings is 3. The summed E-state index contributed by atoms with van der Waals surface area (Å²) in [7, 11) is 1.65. The molecule has 0 saturated carbocycles. The minimum Gasteiger partial charge on any atom is -0.497 e. The highest BCUT2D eigenvalue weighted by Gasteiger charge is 2.51. The van der Waals surface area contributed by atoms with E-state index >= 15 is 0 Å². The summed E-state index contributed by atoms with van der Waals surface area (Å²) in [6.45, 7) is 3.94. The van der Waals surface area contributed by atoms with Crippen molar-refractivity contribution in [2.75, 3.05) is 7.11 Å². The molecule has 4 heteroatoms. The van der Waals surface area contributed by atoms with E-state index in [1.165, 1.54) is 0 Å². The molecule has 1 heterocycles. The van der Waals surface area contributed by atoms with Crippen molar-refractivity contribution in [3.8, 4) is 5.75 Å². The normalized spacial score (nSPS) is 18.9. The number of hydrogen-bond donors (Lipinski definition) is 0. The van der Waals surface area contributed by atoms with E-state index in [9.17, 15) is 4.79 Å². The summed E-state index contributed by atoms with van der Waals surface area (Å²) < 4.78 is 11.2. The molecule has 0 unspecified atom stereocenters. The van der Waals surface area contributed by atoms with Gasteiger partial charge >= 0.3 is 6.09 Å². The van der Waals surface area contributed by atoms with Crippen molar-refractivity contribution in [3.05, 3.63) is 102 Å². The van der Waals surface area contributed by atoms with E-state index in [0.29, 0.717) is 0 Å². The molecule has 0 aromatic heterocycles. The lowest BCUT2D eigenvalue weighted by atomic mass is 9.88. The molecule has 1 saturated heterocycles. The molecule has 1 amide bonds. The maximum absolute atomic E-state index is 13.2. The van der Waals surface area contributed by atoms with Gasteiger partial charge in [0.15, 0.2) is 0 Å². The molecule has 0 spiro atoms. The van der Waals surface area contributed by atoms with E-state index in [2.05, 4.69) is 24.3 Å². The van der Waals surface area contributed by atoms with Crippen LogP contribution in [0, 0.1) is 0 Å². The van der Waals surface area contributed by atoms with Crippen LogP contribution in [0.1, 0.15) is 42.6 Å². The van der Waals surface area contributed by atoms with Gasteiger partial charge in [-0.05, 0) is 42.7 Å². The molecule has 29 heavy (non-hydrogen) atoms. The molecule has 2 atom stereocenters. The Morgan fingerprint density at radius 1 is 0.862 bits per heavy atom. The molecule has 1 fully saturated rings. The molecule has 0 N–H and O–H groups in total. The number of carbonyl (C=O) groups excluding carboxylic acids is 1. The Hall–Kier alpha value is -3.27. The van der Waals surface area contributed by atoms with Crippen LogP contribution in [0.2, 0.25) is 0 Å². The molecule has 1 aliphatic heterocycles. The number of carbonyl (C=O) groups is 1. The van der Waals surface area contributed by atoms with Crippen molar-refractivity contribution in [1.82, 2.24) is 4.90 Å². The van der Waals surface area contributed by atoms with Gasteiger partial charge < -0.3 is 9.47 Å². The second-order valence-corrected chi connectivity index (χ2v) is 7.78. The topological polar surface area (TPSA) is 38.8 Å². The average molecular weight is 387 g/mol. The van der Waals surface area contributed by atoms with Crippen molar-refractivity contribution in [3.63, 3.8) is 0 Å². The van der Waals surface area contributed by atoms with Gasteiger partial charge in [0.2, 0.25) is 0 Å². The van der Waals surface area contributed by atoms with E-state index in [-0.39, 0.29) is 18.2 Å². The standard InChI is InChI=1S/C25H25NO3/c1-25(2)23(20-12-8-5-9-13-20)26(24(27)29-25)22(18-10-6-4-7-11-18)19-14-16-21(28-3)17-15-19/h4-17,22-23H,1-3H3/t22-,23-/m1/s1. The summed E-state index contributed by atoms with van der Waals surface area (Å²) in [6, 6.07) is 27.5. The maximum atomic E-state index is 13.2. The van der Waals surface area contributed by atoms with E-state index in [1.807, 2.05) is 79.4 Å². The predicted octanol–water partition coefficient (Wildman–Crippen LogP) is 5.76. The van der Waals surface area contributed by atoms with Crippen molar-refractivity contribution in [2.45, 2.75) is 31.5 Å². The summed E-state index contributed by atoms with van der Waals surface area (Å²) in [4.78, 5) is 15.0. The Labute approximate surface area is 171 Å². The van der Waals surface area contributed by atoms with Crippen LogP contribution in [0.5, 0.6) is 5.75 Å². The first-order valence-electron chi connectivity index (χ1n) is 9.76. The van der Waals surface area contributed by atoms with E-state index in [4.69, 9.17) is 9.47 Å². The quantitative estimate of drug-likeness (QED) is 0.559. The van der Waals surface area contributed by atoms with Crippen molar-refractivity contribution >= 4 is 6.09 Å². The summed E-state index contributed by atoms with van der Waals surface area (Å²) in [5, 5.41) is 0. The first-order chi connectivity index (χ1) is 14.0. The summed E-state index contributed by atoms with van der Waals surface area (Å²) in [6.07, 6.45) is -0.312. The fourth-order valence-corrected chi connectivity index (χ4v) is 4.16. The zero-order valence-corrected chi connectivity index (χ0v) is 16.9. The van der Waals surface area contributed by atoms with Gasteiger partial charge in [0.05, 0.1) is 13.2 Å². The number of ether oxygens (including phenoxy) is 2. The zero-order valence-electron chi connectivity index (χ0n) is 16.9. The van der Waals surface area contributed by atoms with Crippen LogP contribution in [0.4, 0.5) is 4.79 Å². The van der Waals surface area contributed by atoms with Crippen LogP contribution >= 0.6 is 0 Å². The number of amides is 1. The fraction of sp³-hybridized carbons (Fsp3) is 0.240.